The van der Waals surface area contributed by atoms with E-state index in [-0.39, 0.29) is 11.9 Å². The number of aromatic nitrogens is 2. The summed E-state index contributed by atoms with van der Waals surface area (Å²) in [4.78, 5) is 15.5. The van der Waals surface area contributed by atoms with E-state index in [0.29, 0.717) is 18.1 Å². The van der Waals surface area contributed by atoms with Gasteiger partial charge in [-0.2, -0.15) is 4.98 Å². The Morgan fingerprint density at radius 1 is 1.67 bits per heavy atom. The molecule has 84 valence electrons. The first-order valence-corrected chi connectivity index (χ1v) is 4.90. The maximum absolute atomic E-state index is 11.4. The number of nitrogens with two attached hydrogens (primary N) is 1. The van der Waals surface area contributed by atoms with Crippen LogP contribution in [0.15, 0.2) is 4.52 Å². The summed E-state index contributed by atoms with van der Waals surface area (Å²) in [5.41, 5.74) is 5.57. The summed E-state index contributed by atoms with van der Waals surface area (Å²) < 4.78 is 4.92. The fraction of sp³-hybridized carbons (Fsp3) is 0.667. The van der Waals surface area contributed by atoms with Gasteiger partial charge in [0.1, 0.15) is 6.04 Å². The Hall–Kier alpha value is -1.43. The minimum absolute atomic E-state index is 0.208. The number of rotatable bonds is 4. The van der Waals surface area contributed by atoms with Crippen molar-refractivity contribution in [1.82, 2.24) is 15.5 Å². The standard InChI is InChI=1S/C9H16N4O2/c1-4-7(10)8(14)11-5(2)9-12-6(3)13-15-9/h5,7H,4,10H2,1-3H3,(H,11,14)/t5?,7-/m0/s1. The summed E-state index contributed by atoms with van der Waals surface area (Å²) in [6.07, 6.45) is 0.599. The molecule has 1 aromatic rings. The fourth-order valence-electron chi connectivity index (χ4n) is 1.06. The lowest BCUT2D eigenvalue weighted by Crippen LogP contribution is -2.41. The minimum atomic E-state index is -0.489. The van der Waals surface area contributed by atoms with Crippen molar-refractivity contribution in [3.8, 4) is 0 Å². The van der Waals surface area contributed by atoms with Gasteiger partial charge in [0.05, 0.1) is 6.04 Å². The van der Waals surface area contributed by atoms with Gasteiger partial charge in [0.2, 0.25) is 11.8 Å². The van der Waals surface area contributed by atoms with Gasteiger partial charge in [0.15, 0.2) is 5.82 Å². The predicted octanol–water partition coefficient (Wildman–Crippen LogP) is 0.293. The van der Waals surface area contributed by atoms with E-state index in [4.69, 9.17) is 10.3 Å². The van der Waals surface area contributed by atoms with E-state index in [9.17, 15) is 4.79 Å². The van der Waals surface area contributed by atoms with Crippen LogP contribution in [0.1, 0.15) is 38.0 Å². The molecule has 0 aliphatic carbocycles. The molecule has 1 rings (SSSR count). The van der Waals surface area contributed by atoms with Crippen molar-refractivity contribution in [3.05, 3.63) is 11.7 Å². The van der Waals surface area contributed by atoms with Gasteiger partial charge in [-0.15, -0.1) is 0 Å². The summed E-state index contributed by atoms with van der Waals surface area (Å²) in [7, 11) is 0. The van der Waals surface area contributed by atoms with Crippen LogP contribution in [0.3, 0.4) is 0 Å². The van der Waals surface area contributed by atoms with Crippen molar-refractivity contribution in [2.24, 2.45) is 5.73 Å². The zero-order valence-electron chi connectivity index (χ0n) is 9.15. The molecule has 0 aliphatic rings. The lowest BCUT2D eigenvalue weighted by atomic mass is 10.2. The Morgan fingerprint density at radius 2 is 2.33 bits per heavy atom. The molecule has 0 aromatic carbocycles. The van der Waals surface area contributed by atoms with Crippen LogP contribution in [0.25, 0.3) is 0 Å². The lowest BCUT2D eigenvalue weighted by Gasteiger charge is -2.13. The minimum Gasteiger partial charge on any atom is -0.343 e. The maximum Gasteiger partial charge on any atom is 0.248 e. The fourth-order valence-corrected chi connectivity index (χ4v) is 1.06. The normalized spacial score (nSPS) is 14.7. The zero-order valence-corrected chi connectivity index (χ0v) is 9.15. The Kier molecular flexibility index (Phi) is 3.79. The third-order valence-corrected chi connectivity index (χ3v) is 2.05. The monoisotopic (exact) mass is 212 g/mol. The summed E-state index contributed by atoms with van der Waals surface area (Å²) in [6, 6.07) is -0.798. The SMILES string of the molecule is CC[C@H](N)C(=O)NC(C)c1nc(C)no1. The number of nitrogens with zero attached hydrogens (tertiary/aromatic N) is 2. The van der Waals surface area contributed by atoms with E-state index in [2.05, 4.69) is 15.5 Å². The van der Waals surface area contributed by atoms with Crippen LogP contribution in [0, 0.1) is 6.92 Å². The van der Waals surface area contributed by atoms with E-state index in [0.717, 1.165) is 0 Å². The van der Waals surface area contributed by atoms with Gasteiger partial charge in [-0.25, -0.2) is 0 Å². The van der Waals surface area contributed by atoms with Crippen LogP contribution in [0.5, 0.6) is 0 Å². The highest BCUT2D eigenvalue weighted by Gasteiger charge is 2.18. The zero-order chi connectivity index (χ0) is 11.4. The summed E-state index contributed by atoms with van der Waals surface area (Å²) >= 11 is 0. The average molecular weight is 212 g/mol. The highest BCUT2D eigenvalue weighted by Crippen LogP contribution is 2.09. The second kappa shape index (κ2) is 4.88. The van der Waals surface area contributed by atoms with Gasteiger partial charge in [0, 0.05) is 0 Å². The number of hydrogen-bond donors (Lipinski definition) is 2. The Bertz CT molecular complexity index is 337. The average Bonchev–Trinajstić information content (AvgIpc) is 2.63. The van der Waals surface area contributed by atoms with E-state index >= 15 is 0 Å². The van der Waals surface area contributed by atoms with Crippen LogP contribution in [0.2, 0.25) is 0 Å². The van der Waals surface area contributed by atoms with Crippen LogP contribution in [-0.4, -0.2) is 22.1 Å². The number of nitrogens with one attached hydrogen (secondary N) is 1. The largest absolute Gasteiger partial charge is 0.343 e. The van der Waals surface area contributed by atoms with Gasteiger partial charge in [-0.1, -0.05) is 12.1 Å². The number of carbonyl (C=O) groups excluding carboxylic acids is 1. The van der Waals surface area contributed by atoms with E-state index in [1.807, 2.05) is 6.92 Å². The third-order valence-electron chi connectivity index (χ3n) is 2.05. The molecule has 0 saturated carbocycles. The molecule has 0 radical (unpaired) electrons. The lowest BCUT2D eigenvalue weighted by molar-refractivity contribution is -0.123. The molecule has 0 spiro atoms. The topological polar surface area (TPSA) is 94.0 Å². The van der Waals surface area contributed by atoms with Crippen LogP contribution in [-0.2, 0) is 4.79 Å². The molecule has 3 N–H and O–H groups in total. The van der Waals surface area contributed by atoms with E-state index < -0.39 is 6.04 Å². The molecular weight excluding hydrogens is 196 g/mol. The van der Waals surface area contributed by atoms with Crippen LogP contribution < -0.4 is 11.1 Å². The van der Waals surface area contributed by atoms with Gasteiger partial charge in [0.25, 0.3) is 0 Å². The Morgan fingerprint density at radius 3 is 2.80 bits per heavy atom. The number of carbonyl (C=O) groups is 1. The molecule has 1 aromatic heterocycles. The van der Waals surface area contributed by atoms with Crippen molar-refractivity contribution in [1.29, 1.82) is 0 Å². The van der Waals surface area contributed by atoms with Gasteiger partial charge in [-0.05, 0) is 20.3 Å². The van der Waals surface area contributed by atoms with Crippen LogP contribution in [0.4, 0.5) is 0 Å². The van der Waals surface area contributed by atoms with Crippen molar-refractivity contribution in [2.45, 2.75) is 39.3 Å². The molecule has 0 aliphatic heterocycles. The first-order chi connectivity index (χ1) is 7.04. The maximum atomic E-state index is 11.4. The number of hydrogen-bond acceptors (Lipinski definition) is 5. The summed E-state index contributed by atoms with van der Waals surface area (Å²) in [5.74, 6) is 0.732. The first-order valence-electron chi connectivity index (χ1n) is 4.90. The number of aryl methyl sites for hydroxylation is 1. The van der Waals surface area contributed by atoms with Crippen molar-refractivity contribution in [3.63, 3.8) is 0 Å². The van der Waals surface area contributed by atoms with Crippen molar-refractivity contribution < 1.29 is 9.32 Å². The second-order valence-corrected chi connectivity index (χ2v) is 3.42. The van der Waals surface area contributed by atoms with Crippen LogP contribution >= 0.6 is 0 Å². The third kappa shape index (κ3) is 3.02. The smallest absolute Gasteiger partial charge is 0.248 e. The second-order valence-electron chi connectivity index (χ2n) is 3.42. The quantitative estimate of drug-likeness (QED) is 0.748. The first kappa shape index (κ1) is 11.6. The molecular formula is C9H16N4O2. The molecule has 15 heavy (non-hydrogen) atoms. The van der Waals surface area contributed by atoms with Gasteiger partial charge < -0.3 is 15.6 Å². The molecule has 6 nitrogen and oxygen atoms in total. The molecule has 0 bridgehead atoms. The van der Waals surface area contributed by atoms with Gasteiger partial charge in [-0.3, -0.25) is 4.79 Å². The summed E-state index contributed by atoms with van der Waals surface area (Å²) in [6.45, 7) is 5.35. The summed E-state index contributed by atoms with van der Waals surface area (Å²) in [5, 5.41) is 6.34. The van der Waals surface area contributed by atoms with Crippen molar-refractivity contribution in [2.75, 3.05) is 0 Å². The molecule has 1 amide bonds. The Labute approximate surface area is 88.2 Å². The molecule has 2 atom stereocenters. The number of amides is 1. The molecule has 6 heteroatoms. The van der Waals surface area contributed by atoms with E-state index in [1.165, 1.54) is 0 Å². The van der Waals surface area contributed by atoms with E-state index in [1.54, 1.807) is 13.8 Å². The highest BCUT2D eigenvalue weighted by atomic mass is 16.5. The predicted molar refractivity (Wildman–Crippen MR) is 53.9 cm³/mol. The molecule has 1 unspecified atom stereocenters. The molecule has 0 saturated heterocycles. The highest BCUT2D eigenvalue weighted by molar-refractivity contribution is 5.81. The Balaban J connectivity index is 2.56. The molecule has 0 fully saturated rings. The molecule has 1 heterocycles. The van der Waals surface area contributed by atoms with Crippen molar-refractivity contribution >= 4 is 5.91 Å². The van der Waals surface area contributed by atoms with Gasteiger partial charge >= 0.3 is 0 Å².